The van der Waals surface area contributed by atoms with E-state index in [1.165, 1.54) is 19.3 Å². The van der Waals surface area contributed by atoms with E-state index < -0.39 is 5.60 Å². The van der Waals surface area contributed by atoms with Crippen LogP contribution in [-0.4, -0.2) is 42.3 Å². The van der Waals surface area contributed by atoms with Crippen LogP contribution >= 0.6 is 0 Å². The number of likely N-dealkylation sites (tertiary alicyclic amines) is 1. The minimum Gasteiger partial charge on any atom is -0.444 e. The van der Waals surface area contributed by atoms with Gasteiger partial charge < -0.3 is 15.0 Å². The highest BCUT2D eigenvalue weighted by Gasteiger charge is 2.28. The molecule has 0 aromatic rings. The van der Waals surface area contributed by atoms with Gasteiger partial charge in [-0.15, -0.1) is 0 Å². The maximum Gasteiger partial charge on any atom is 0.410 e. The number of ether oxygens (including phenoxy) is 1. The van der Waals surface area contributed by atoms with Crippen LogP contribution in [0.15, 0.2) is 0 Å². The van der Waals surface area contributed by atoms with E-state index in [9.17, 15) is 4.79 Å². The van der Waals surface area contributed by atoms with Crippen LogP contribution in [0.2, 0.25) is 0 Å². The summed E-state index contributed by atoms with van der Waals surface area (Å²) in [5, 5.41) is 3.56. The number of rotatable bonds is 3. The Kier molecular flexibility index (Phi) is 4.15. The van der Waals surface area contributed by atoms with Gasteiger partial charge >= 0.3 is 6.09 Å². The van der Waals surface area contributed by atoms with Crippen molar-refractivity contribution in [1.82, 2.24) is 10.2 Å². The van der Waals surface area contributed by atoms with Gasteiger partial charge in [0.1, 0.15) is 5.60 Å². The Labute approximate surface area is 110 Å². The number of carbonyl (C=O) groups excluding carboxylic acids is 1. The van der Waals surface area contributed by atoms with Crippen LogP contribution < -0.4 is 5.32 Å². The fourth-order valence-electron chi connectivity index (χ4n) is 2.34. The molecule has 4 heteroatoms. The Morgan fingerprint density at radius 2 is 2.06 bits per heavy atom. The van der Waals surface area contributed by atoms with Gasteiger partial charge in [-0.1, -0.05) is 0 Å². The van der Waals surface area contributed by atoms with E-state index in [0.717, 1.165) is 32.1 Å². The lowest BCUT2D eigenvalue weighted by Gasteiger charge is -2.34. The molecule has 1 saturated carbocycles. The molecule has 104 valence electrons. The maximum absolute atomic E-state index is 12.0. The first-order valence-electron chi connectivity index (χ1n) is 7.15. The minimum atomic E-state index is -0.393. The van der Waals surface area contributed by atoms with Crippen molar-refractivity contribution in [3.63, 3.8) is 0 Å². The zero-order valence-corrected chi connectivity index (χ0v) is 11.9. The molecule has 18 heavy (non-hydrogen) atoms. The monoisotopic (exact) mass is 254 g/mol. The van der Waals surface area contributed by atoms with Crippen LogP contribution in [0.4, 0.5) is 4.79 Å². The number of amides is 1. The molecule has 2 rings (SSSR count). The van der Waals surface area contributed by atoms with E-state index in [2.05, 4.69) is 5.32 Å². The van der Waals surface area contributed by atoms with Crippen molar-refractivity contribution in [2.45, 2.75) is 58.1 Å². The fraction of sp³-hybridized carbons (Fsp3) is 0.929. The van der Waals surface area contributed by atoms with E-state index in [4.69, 9.17) is 4.74 Å². The molecule has 1 amide bonds. The lowest BCUT2D eigenvalue weighted by molar-refractivity contribution is 0.0166. The van der Waals surface area contributed by atoms with Crippen LogP contribution in [0.25, 0.3) is 0 Å². The number of hydrogen-bond donors (Lipinski definition) is 1. The first-order chi connectivity index (χ1) is 8.44. The third-order valence-corrected chi connectivity index (χ3v) is 3.44. The number of nitrogens with zero attached hydrogens (tertiary/aromatic N) is 1. The Hall–Kier alpha value is -0.770. The van der Waals surface area contributed by atoms with Gasteiger partial charge in [0, 0.05) is 19.1 Å². The molecule has 0 aromatic heterocycles. The molecule has 2 aliphatic rings. The molecule has 0 bridgehead atoms. The van der Waals surface area contributed by atoms with E-state index >= 15 is 0 Å². The number of hydrogen-bond acceptors (Lipinski definition) is 3. The van der Waals surface area contributed by atoms with Crippen molar-refractivity contribution in [3.8, 4) is 0 Å². The van der Waals surface area contributed by atoms with Gasteiger partial charge in [0.15, 0.2) is 0 Å². The Balaban J connectivity index is 1.76. The molecule has 0 unspecified atom stereocenters. The highest BCUT2D eigenvalue weighted by Crippen LogP contribution is 2.22. The topological polar surface area (TPSA) is 41.6 Å². The summed E-state index contributed by atoms with van der Waals surface area (Å²) in [7, 11) is 0. The third kappa shape index (κ3) is 4.48. The van der Waals surface area contributed by atoms with Crippen molar-refractivity contribution in [1.29, 1.82) is 0 Å². The standard InChI is InChI=1S/C14H26N2O2/c1-14(2,3)18-13(17)16-8-4-5-11(10-16)9-15-12-6-7-12/h11-12,15H,4-10H2,1-3H3/t11-/m1/s1. The average Bonchev–Trinajstić information content (AvgIpc) is 3.08. The van der Waals surface area contributed by atoms with Crippen LogP contribution in [-0.2, 0) is 4.74 Å². The zero-order chi connectivity index (χ0) is 13.2. The lowest BCUT2D eigenvalue weighted by Crippen LogP contribution is -2.45. The molecule has 1 atom stereocenters. The summed E-state index contributed by atoms with van der Waals surface area (Å²) in [6.45, 7) is 8.48. The molecule has 1 aliphatic heterocycles. The van der Waals surface area contributed by atoms with Crippen molar-refractivity contribution in [2.75, 3.05) is 19.6 Å². The number of nitrogens with one attached hydrogen (secondary N) is 1. The fourth-order valence-corrected chi connectivity index (χ4v) is 2.34. The Bertz CT molecular complexity index is 295. The normalized spacial score (nSPS) is 25.1. The van der Waals surface area contributed by atoms with Crippen LogP contribution in [0.1, 0.15) is 46.5 Å². The summed E-state index contributed by atoms with van der Waals surface area (Å²) < 4.78 is 5.43. The molecular formula is C14H26N2O2. The Morgan fingerprint density at radius 3 is 2.67 bits per heavy atom. The molecule has 1 N–H and O–H groups in total. The highest BCUT2D eigenvalue weighted by molar-refractivity contribution is 5.68. The Morgan fingerprint density at radius 1 is 1.33 bits per heavy atom. The summed E-state index contributed by atoms with van der Waals surface area (Å²) in [4.78, 5) is 13.9. The zero-order valence-electron chi connectivity index (χ0n) is 11.9. The van der Waals surface area contributed by atoms with Gasteiger partial charge in [0.2, 0.25) is 0 Å². The second kappa shape index (κ2) is 5.47. The van der Waals surface area contributed by atoms with Crippen LogP contribution in [0.5, 0.6) is 0 Å². The average molecular weight is 254 g/mol. The molecule has 4 nitrogen and oxygen atoms in total. The van der Waals surface area contributed by atoms with Crippen LogP contribution in [0.3, 0.4) is 0 Å². The van der Waals surface area contributed by atoms with Gasteiger partial charge in [-0.25, -0.2) is 4.79 Å². The van der Waals surface area contributed by atoms with Crippen molar-refractivity contribution in [2.24, 2.45) is 5.92 Å². The van der Waals surface area contributed by atoms with Gasteiger partial charge in [0.25, 0.3) is 0 Å². The van der Waals surface area contributed by atoms with Crippen molar-refractivity contribution < 1.29 is 9.53 Å². The van der Waals surface area contributed by atoms with E-state index in [1.807, 2.05) is 25.7 Å². The molecule has 0 spiro atoms. The molecular weight excluding hydrogens is 228 g/mol. The van der Waals surface area contributed by atoms with Crippen molar-refractivity contribution in [3.05, 3.63) is 0 Å². The summed E-state index contributed by atoms with van der Waals surface area (Å²) in [6, 6.07) is 0.752. The molecule has 0 radical (unpaired) electrons. The largest absolute Gasteiger partial charge is 0.444 e. The molecule has 2 fully saturated rings. The summed E-state index contributed by atoms with van der Waals surface area (Å²) in [5.41, 5.74) is -0.393. The summed E-state index contributed by atoms with van der Waals surface area (Å²) in [5.74, 6) is 0.590. The van der Waals surface area contributed by atoms with Gasteiger partial charge in [0.05, 0.1) is 0 Å². The number of carbonyl (C=O) groups is 1. The second-order valence-electron chi connectivity index (χ2n) is 6.62. The van der Waals surface area contributed by atoms with Gasteiger partial charge in [-0.05, 0) is 58.9 Å². The molecule has 1 heterocycles. The summed E-state index contributed by atoms with van der Waals surface area (Å²) in [6.07, 6.45) is 4.80. The minimum absolute atomic E-state index is 0.154. The van der Waals surface area contributed by atoms with Gasteiger partial charge in [-0.2, -0.15) is 0 Å². The lowest BCUT2D eigenvalue weighted by atomic mass is 9.98. The van der Waals surface area contributed by atoms with E-state index in [1.54, 1.807) is 0 Å². The summed E-state index contributed by atoms with van der Waals surface area (Å²) >= 11 is 0. The number of piperidine rings is 1. The van der Waals surface area contributed by atoms with Crippen LogP contribution in [0, 0.1) is 5.92 Å². The first-order valence-corrected chi connectivity index (χ1v) is 7.15. The quantitative estimate of drug-likeness (QED) is 0.841. The third-order valence-electron chi connectivity index (χ3n) is 3.44. The highest BCUT2D eigenvalue weighted by atomic mass is 16.6. The second-order valence-corrected chi connectivity index (χ2v) is 6.62. The smallest absolute Gasteiger partial charge is 0.410 e. The van der Waals surface area contributed by atoms with Gasteiger partial charge in [-0.3, -0.25) is 0 Å². The van der Waals surface area contributed by atoms with E-state index in [-0.39, 0.29) is 6.09 Å². The maximum atomic E-state index is 12.0. The molecule has 0 aromatic carbocycles. The SMILES string of the molecule is CC(C)(C)OC(=O)N1CCC[C@H](CNC2CC2)C1. The van der Waals surface area contributed by atoms with E-state index in [0.29, 0.717) is 5.92 Å². The molecule has 1 saturated heterocycles. The first kappa shape index (κ1) is 13.7. The van der Waals surface area contributed by atoms with Crippen molar-refractivity contribution >= 4 is 6.09 Å². The predicted molar refractivity (Wildman–Crippen MR) is 71.6 cm³/mol. The molecule has 1 aliphatic carbocycles. The predicted octanol–water partition coefficient (Wildman–Crippen LogP) is 2.39.